The second-order valence-electron chi connectivity index (χ2n) is 3.56. The number of pyridine rings is 1. The minimum absolute atomic E-state index is 0.0908. The smallest absolute Gasteiger partial charge is 0.310 e. The number of sulfone groups is 1. The molecule has 8 heteroatoms. The van der Waals surface area contributed by atoms with Crippen LogP contribution >= 0.6 is 0 Å². The van der Waals surface area contributed by atoms with Crippen molar-refractivity contribution in [2.45, 2.75) is 6.04 Å². The van der Waals surface area contributed by atoms with Gasteiger partial charge in [-0.05, 0) is 6.07 Å². The zero-order valence-corrected chi connectivity index (χ0v) is 9.42. The highest BCUT2D eigenvalue weighted by atomic mass is 32.2. The highest BCUT2D eigenvalue weighted by molar-refractivity contribution is 7.94. The van der Waals surface area contributed by atoms with E-state index in [1.807, 2.05) is 0 Å². The number of hydrogen-bond donors (Lipinski definition) is 1. The molecule has 2 rings (SSSR count). The second-order valence-corrected chi connectivity index (χ2v) is 5.49. The molecule has 0 bridgehead atoms. The molecule has 0 radical (unpaired) electrons. The number of nitrogens with one attached hydrogen (secondary N) is 1. The summed E-state index contributed by atoms with van der Waals surface area (Å²) in [4.78, 5) is 13.8. The molecule has 1 N–H and O–H groups in total. The third kappa shape index (κ3) is 2.59. The lowest BCUT2D eigenvalue weighted by Crippen LogP contribution is -2.21. The third-order valence-corrected chi connectivity index (χ3v) is 3.66. The number of hydrogen-bond acceptors (Lipinski definition) is 6. The normalized spacial score (nSPS) is 21.3. The fourth-order valence-electron chi connectivity index (χ4n) is 1.52. The van der Waals surface area contributed by atoms with Crippen LogP contribution in [0.5, 0.6) is 0 Å². The monoisotopic (exact) mass is 255 g/mol. The van der Waals surface area contributed by atoms with E-state index < -0.39 is 20.8 Å². The molecule has 1 aliphatic heterocycles. The Morgan fingerprint density at radius 3 is 2.88 bits per heavy atom. The first-order chi connectivity index (χ1) is 7.98. The Hall–Kier alpha value is -1.96. The first-order valence-corrected chi connectivity index (χ1v) is 6.45. The summed E-state index contributed by atoms with van der Waals surface area (Å²) in [5.41, 5.74) is 0.0851. The van der Waals surface area contributed by atoms with Crippen molar-refractivity contribution in [2.24, 2.45) is 0 Å². The standard InChI is InChI=1S/C9H9N3O4S/c13-12(14)9-5-10-3-1-8(9)11-7-2-4-17(15,16)6-7/h1-5,7H,6H2,(H,10,11). The quantitative estimate of drug-likeness (QED) is 0.630. The fourth-order valence-corrected chi connectivity index (χ4v) is 2.75. The maximum Gasteiger partial charge on any atom is 0.310 e. The van der Waals surface area contributed by atoms with Crippen LogP contribution in [0.2, 0.25) is 0 Å². The van der Waals surface area contributed by atoms with E-state index in [2.05, 4.69) is 10.3 Å². The summed E-state index contributed by atoms with van der Waals surface area (Å²) in [5.74, 6) is -0.0908. The Bertz CT molecular complexity index is 582. The molecule has 0 spiro atoms. The van der Waals surface area contributed by atoms with E-state index in [1.54, 1.807) is 0 Å². The van der Waals surface area contributed by atoms with Gasteiger partial charge in [-0.15, -0.1) is 0 Å². The van der Waals surface area contributed by atoms with Crippen molar-refractivity contribution in [2.75, 3.05) is 11.1 Å². The van der Waals surface area contributed by atoms with Crippen molar-refractivity contribution in [1.29, 1.82) is 0 Å². The van der Waals surface area contributed by atoms with Gasteiger partial charge in [0.15, 0.2) is 9.84 Å². The SMILES string of the molecule is O=[N+]([O-])c1cnccc1NC1C=CS(=O)(=O)C1. The van der Waals surface area contributed by atoms with Crippen LogP contribution in [0.3, 0.4) is 0 Å². The Labute approximate surface area is 97.2 Å². The number of rotatable bonds is 3. The summed E-state index contributed by atoms with van der Waals surface area (Å²) >= 11 is 0. The van der Waals surface area contributed by atoms with Gasteiger partial charge >= 0.3 is 5.69 Å². The van der Waals surface area contributed by atoms with E-state index in [4.69, 9.17) is 0 Å². The number of aromatic nitrogens is 1. The Balaban J connectivity index is 2.21. The van der Waals surface area contributed by atoms with E-state index in [0.29, 0.717) is 0 Å². The minimum atomic E-state index is -3.18. The molecule has 0 fully saturated rings. The van der Waals surface area contributed by atoms with Gasteiger partial charge < -0.3 is 5.32 Å². The maximum atomic E-state index is 11.2. The van der Waals surface area contributed by atoms with Crippen LogP contribution in [0.25, 0.3) is 0 Å². The second kappa shape index (κ2) is 4.13. The zero-order chi connectivity index (χ0) is 12.5. The first kappa shape index (κ1) is 11.5. The number of nitrogens with zero attached hydrogens (tertiary/aromatic N) is 2. The van der Waals surface area contributed by atoms with Crippen LogP contribution in [0.4, 0.5) is 11.4 Å². The van der Waals surface area contributed by atoms with Crippen LogP contribution in [-0.4, -0.2) is 30.1 Å². The highest BCUT2D eigenvalue weighted by Crippen LogP contribution is 2.24. The lowest BCUT2D eigenvalue weighted by Gasteiger charge is -2.10. The van der Waals surface area contributed by atoms with Gasteiger partial charge in [-0.3, -0.25) is 15.1 Å². The van der Waals surface area contributed by atoms with E-state index in [1.165, 1.54) is 18.3 Å². The lowest BCUT2D eigenvalue weighted by atomic mass is 10.3. The van der Waals surface area contributed by atoms with Gasteiger partial charge in [-0.25, -0.2) is 8.42 Å². The zero-order valence-electron chi connectivity index (χ0n) is 8.61. The lowest BCUT2D eigenvalue weighted by molar-refractivity contribution is -0.384. The topological polar surface area (TPSA) is 102 Å². The maximum absolute atomic E-state index is 11.2. The summed E-state index contributed by atoms with van der Waals surface area (Å²) < 4.78 is 22.4. The Morgan fingerprint density at radius 2 is 2.29 bits per heavy atom. The largest absolute Gasteiger partial charge is 0.372 e. The van der Waals surface area contributed by atoms with Crippen LogP contribution in [0.15, 0.2) is 29.9 Å². The van der Waals surface area contributed by atoms with Crippen molar-refractivity contribution in [1.82, 2.24) is 4.98 Å². The fraction of sp³-hybridized carbons (Fsp3) is 0.222. The summed E-state index contributed by atoms with van der Waals surface area (Å²) in [6.07, 6.45) is 4.00. The van der Waals surface area contributed by atoms with Crippen LogP contribution in [0.1, 0.15) is 0 Å². The van der Waals surface area contributed by atoms with Crippen LogP contribution in [0, 0.1) is 10.1 Å². The molecule has 1 aromatic heterocycles. The average Bonchev–Trinajstić information content (AvgIpc) is 2.58. The molecule has 0 aromatic carbocycles. The molecule has 1 aliphatic rings. The Kier molecular flexibility index (Phi) is 2.80. The summed E-state index contributed by atoms with van der Waals surface area (Å²) in [7, 11) is -3.18. The summed E-state index contributed by atoms with van der Waals surface area (Å²) in [5, 5.41) is 14.6. The van der Waals surface area contributed by atoms with Gasteiger partial charge in [-0.1, -0.05) is 6.08 Å². The van der Waals surface area contributed by atoms with E-state index in [0.717, 1.165) is 11.6 Å². The van der Waals surface area contributed by atoms with E-state index in [9.17, 15) is 18.5 Å². The van der Waals surface area contributed by atoms with Gasteiger partial charge in [-0.2, -0.15) is 0 Å². The van der Waals surface area contributed by atoms with Crippen molar-refractivity contribution >= 4 is 21.2 Å². The predicted molar refractivity (Wildman–Crippen MR) is 61.2 cm³/mol. The Morgan fingerprint density at radius 1 is 1.53 bits per heavy atom. The molecule has 0 amide bonds. The minimum Gasteiger partial charge on any atom is -0.372 e. The molecule has 2 heterocycles. The predicted octanol–water partition coefficient (Wildman–Crippen LogP) is 0.712. The van der Waals surface area contributed by atoms with E-state index >= 15 is 0 Å². The van der Waals surface area contributed by atoms with Gasteiger partial charge in [0.25, 0.3) is 0 Å². The molecule has 1 unspecified atom stereocenters. The van der Waals surface area contributed by atoms with Crippen molar-refractivity contribution in [3.05, 3.63) is 40.1 Å². The van der Waals surface area contributed by atoms with E-state index in [-0.39, 0.29) is 17.1 Å². The third-order valence-electron chi connectivity index (χ3n) is 2.27. The van der Waals surface area contributed by atoms with Gasteiger partial charge in [0.1, 0.15) is 11.9 Å². The summed E-state index contributed by atoms with van der Waals surface area (Å²) in [6, 6.07) is 0.998. The summed E-state index contributed by atoms with van der Waals surface area (Å²) in [6.45, 7) is 0. The van der Waals surface area contributed by atoms with Crippen molar-refractivity contribution in [3.63, 3.8) is 0 Å². The molecular weight excluding hydrogens is 246 g/mol. The number of anilines is 1. The molecule has 0 saturated heterocycles. The molecule has 0 aliphatic carbocycles. The molecule has 7 nitrogen and oxygen atoms in total. The molecule has 1 atom stereocenters. The highest BCUT2D eigenvalue weighted by Gasteiger charge is 2.23. The molecular formula is C9H9N3O4S. The molecule has 17 heavy (non-hydrogen) atoms. The van der Waals surface area contributed by atoms with Gasteiger partial charge in [0.2, 0.25) is 0 Å². The van der Waals surface area contributed by atoms with Crippen molar-refractivity contribution < 1.29 is 13.3 Å². The average molecular weight is 255 g/mol. The molecule has 1 aromatic rings. The molecule has 90 valence electrons. The first-order valence-electron chi connectivity index (χ1n) is 4.74. The van der Waals surface area contributed by atoms with Crippen LogP contribution < -0.4 is 5.32 Å². The van der Waals surface area contributed by atoms with Gasteiger partial charge in [0.05, 0.1) is 16.7 Å². The van der Waals surface area contributed by atoms with Gasteiger partial charge in [0, 0.05) is 11.6 Å². The van der Waals surface area contributed by atoms with Crippen molar-refractivity contribution in [3.8, 4) is 0 Å². The van der Waals surface area contributed by atoms with Crippen LogP contribution in [-0.2, 0) is 9.84 Å². The number of nitro groups is 1. The molecule has 0 saturated carbocycles.